The van der Waals surface area contributed by atoms with E-state index in [-0.39, 0.29) is 30.0 Å². The van der Waals surface area contributed by atoms with Crippen LogP contribution in [0.25, 0.3) is 5.52 Å². The molecule has 0 radical (unpaired) electrons. The Bertz CT molecular complexity index is 1470. The number of hydrogen-bond acceptors (Lipinski definition) is 14. The highest BCUT2D eigenvalue weighted by atomic mass is 31.2. The summed E-state index contributed by atoms with van der Waals surface area (Å²) in [6.07, 6.45) is 0.543. The number of carbonyl (C=O) groups is 2. The minimum atomic E-state index is -4.55. The predicted octanol–water partition coefficient (Wildman–Crippen LogP) is 3.36. The van der Waals surface area contributed by atoms with E-state index in [0.717, 1.165) is 32.0 Å². The zero-order chi connectivity index (χ0) is 35.7. The van der Waals surface area contributed by atoms with Gasteiger partial charge in [0, 0.05) is 0 Å². The Kier molecular flexibility index (Phi) is 13.9. The van der Waals surface area contributed by atoms with Crippen molar-refractivity contribution in [3.8, 4) is 6.07 Å². The molecule has 1 aliphatic rings. The fraction of sp³-hybridized carbons (Fsp3) is 0.710. The monoisotopic (exact) mass is 696 g/mol. The summed E-state index contributed by atoms with van der Waals surface area (Å²) < 4.78 is 43.2. The van der Waals surface area contributed by atoms with E-state index in [4.69, 9.17) is 29.0 Å². The number of nitriles is 1. The first kappa shape index (κ1) is 39.3. The quantitative estimate of drug-likeness (QED) is 0.0937. The molecule has 0 spiro atoms. The van der Waals surface area contributed by atoms with Crippen LogP contribution < -0.4 is 10.8 Å². The van der Waals surface area contributed by atoms with Crippen LogP contribution in [0.15, 0.2) is 18.5 Å². The highest BCUT2D eigenvalue weighted by Crippen LogP contribution is 2.48. The second-order valence-electron chi connectivity index (χ2n) is 12.4. The molecule has 5 atom stereocenters. The number of rotatable bonds is 19. The summed E-state index contributed by atoms with van der Waals surface area (Å²) in [5.74, 6) is -1.40. The molecule has 17 heteroatoms. The van der Waals surface area contributed by atoms with Gasteiger partial charge in [0.2, 0.25) is 12.4 Å². The molecule has 16 nitrogen and oxygen atoms in total. The molecule has 1 saturated heterocycles. The van der Waals surface area contributed by atoms with Crippen molar-refractivity contribution >= 4 is 31.0 Å². The van der Waals surface area contributed by atoms with Crippen molar-refractivity contribution in [1.29, 1.82) is 5.26 Å². The summed E-state index contributed by atoms with van der Waals surface area (Å²) in [4.78, 5) is 29.7. The molecule has 2 aromatic rings. The van der Waals surface area contributed by atoms with Gasteiger partial charge in [0.15, 0.2) is 5.82 Å². The summed E-state index contributed by atoms with van der Waals surface area (Å²) in [6.45, 7) is 9.38. The number of aliphatic hydroxyl groups excluding tert-OH is 2. The number of ether oxygens (including phenoxy) is 3. The van der Waals surface area contributed by atoms with E-state index in [9.17, 15) is 29.6 Å². The third kappa shape index (κ3) is 8.89. The largest absolute Gasteiger partial charge is 0.464 e. The van der Waals surface area contributed by atoms with Crippen molar-refractivity contribution in [2.24, 2.45) is 11.8 Å². The normalized spacial score (nSPS) is 22.6. The van der Waals surface area contributed by atoms with Gasteiger partial charge >= 0.3 is 19.7 Å². The van der Waals surface area contributed by atoms with E-state index < -0.39 is 62.5 Å². The Balaban J connectivity index is 1.83. The zero-order valence-electron chi connectivity index (χ0n) is 28.5. The number of aromatic nitrogens is 3. The van der Waals surface area contributed by atoms with Gasteiger partial charge in [-0.2, -0.15) is 10.4 Å². The topological polar surface area (TPSA) is 230 Å². The van der Waals surface area contributed by atoms with Crippen LogP contribution in [0.3, 0.4) is 0 Å². The Labute approximate surface area is 280 Å². The second kappa shape index (κ2) is 17.0. The van der Waals surface area contributed by atoms with Crippen LogP contribution in [-0.2, 0) is 43.0 Å². The number of nitrogens with two attached hydrogens (primary N) is 1. The Morgan fingerprint density at radius 2 is 1.83 bits per heavy atom. The third-order valence-corrected chi connectivity index (χ3v) is 10.2. The van der Waals surface area contributed by atoms with Crippen LogP contribution in [0.5, 0.6) is 0 Å². The molecular formula is C31H49N6O10P. The van der Waals surface area contributed by atoms with Gasteiger partial charge < -0.3 is 30.2 Å². The van der Waals surface area contributed by atoms with Crippen molar-refractivity contribution in [2.75, 3.05) is 25.7 Å². The van der Waals surface area contributed by atoms with E-state index in [0.29, 0.717) is 18.4 Å². The number of anilines is 1. The highest BCUT2D eigenvalue weighted by Gasteiger charge is 2.58. The van der Waals surface area contributed by atoms with Gasteiger partial charge in [0.25, 0.3) is 0 Å². The molecule has 5 N–H and O–H groups in total. The predicted molar refractivity (Wildman–Crippen MR) is 173 cm³/mol. The smallest absolute Gasteiger partial charge is 0.409 e. The zero-order valence-corrected chi connectivity index (χ0v) is 29.4. The summed E-state index contributed by atoms with van der Waals surface area (Å²) in [5.41, 5.74) is 2.56. The lowest BCUT2D eigenvalue weighted by atomic mass is 9.92. The van der Waals surface area contributed by atoms with Crippen LogP contribution in [0.4, 0.5) is 5.82 Å². The summed E-state index contributed by atoms with van der Waals surface area (Å²) in [5, 5.41) is 38.9. The van der Waals surface area contributed by atoms with Gasteiger partial charge in [-0.25, -0.2) is 19.2 Å². The van der Waals surface area contributed by atoms with Crippen molar-refractivity contribution in [2.45, 2.75) is 110 Å². The maximum atomic E-state index is 14.1. The molecular weight excluding hydrogens is 647 g/mol. The van der Waals surface area contributed by atoms with Gasteiger partial charge in [-0.3, -0.25) is 18.6 Å². The average molecular weight is 697 g/mol. The van der Waals surface area contributed by atoms with Gasteiger partial charge in [0.1, 0.15) is 41.8 Å². The number of hydrogen-bond donors (Lipinski definition) is 4. The highest BCUT2D eigenvalue weighted by molar-refractivity contribution is 7.51. The number of esters is 2. The fourth-order valence-corrected chi connectivity index (χ4v) is 6.97. The molecule has 0 saturated carbocycles. The number of carbonyl (C=O) groups excluding carboxylic acids is 2. The van der Waals surface area contributed by atoms with E-state index in [2.05, 4.69) is 15.2 Å². The van der Waals surface area contributed by atoms with E-state index in [1.807, 2.05) is 33.8 Å². The summed E-state index contributed by atoms with van der Waals surface area (Å²) in [6, 6.07) is 4.90. The average Bonchev–Trinajstić information content (AvgIpc) is 3.60. The van der Waals surface area contributed by atoms with Crippen molar-refractivity contribution < 1.29 is 47.6 Å². The molecule has 268 valence electrons. The Morgan fingerprint density at radius 1 is 1.17 bits per heavy atom. The summed E-state index contributed by atoms with van der Waals surface area (Å²) >= 11 is 0. The van der Waals surface area contributed by atoms with E-state index in [1.54, 1.807) is 0 Å². The fourth-order valence-electron chi connectivity index (χ4n) is 5.46. The minimum Gasteiger partial charge on any atom is -0.464 e. The van der Waals surface area contributed by atoms with Crippen molar-refractivity contribution in [1.82, 2.24) is 19.7 Å². The van der Waals surface area contributed by atoms with E-state index >= 15 is 0 Å². The summed E-state index contributed by atoms with van der Waals surface area (Å²) in [7, 11) is -4.55. The molecule has 0 amide bonds. The van der Waals surface area contributed by atoms with E-state index in [1.165, 1.54) is 30.5 Å². The van der Waals surface area contributed by atoms with Crippen molar-refractivity contribution in [3.05, 3.63) is 24.2 Å². The number of fused-ring (bicyclic) bond motifs is 1. The van der Waals surface area contributed by atoms with Crippen LogP contribution in [0, 0.1) is 23.2 Å². The molecule has 3 heterocycles. The van der Waals surface area contributed by atoms with Gasteiger partial charge in [-0.15, -0.1) is 0 Å². The van der Waals surface area contributed by atoms with Gasteiger partial charge in [-0.05, 0) is 44.7 Å². The first-order valence-electron chi connectivity index (χ1n) is 16.3. The van der Waals surface area contributed by atoms with Crippen LogP contribution >= 0.6 is 7.75 Å². The molecule has 48 heavy (non-hydrogen) atoms. The molecule has 3 rings (SSSR count). The molecule has 0 aromatic carbocycles. The maximum absolute atomic E-state index is 14.1. The van der Waals surface area contributed by atoms with Crippen LogP contribution in [0.2, 0.25) is 0 Å². The van der Waals surface area contributed by atoms with Gasteiger partial charge in [-0.1, -0.05) is 53.4 Å². The second-order valence-corrected chi connectivity index (χ2v) is 14.1. The number of nitrogens with zero attached hydrogens (tertiary/aromatic N) is 4. The van der Waals surface area contributed by atoms with Crippen LogP contribution in [0.1, 0.15) is 85.8 Å². The molecule has 1 fully saturated rings. The molecule has 0 aliphatic carbocycles. The molecule has 2 aromatic heterocycles. The number of aliphatic hydroxyl groups is 2. The SMILES string of the molecule is CCCC(CCC)C(=O)OCO[P@](=O)(NC(C)(C)C(=O)OCC(CC)CC)OC[C@H]1O[C@@](C#N)(c2ccc3c(N)ncnn23)[C@H](O)[C@@H]1O. The minimum absolute atomic E-state index is 0.0580. The van der Waals surface area contributed by atoms with Gasteiger partial charge in [0.05, 0.1) is 24.8 Å². The standard InChI is InChI=1S/C31H49N6O10P/c1-7-11-21(12-8-2)28(40)44-19-46-48(42,36-30(5,6)29(41)43-15-20(9-3)10-4)45-16-23-25(38)26(39)31(17-32,47-23)24-14-13-22-27(33)34-18-35-37(22)24/h13-14,18,20-21,23,25-26,38-39H,7-12,15-16,19H2,1-6H3,(H,36,42)(H2,33,34,35)/t23-,25-,26-,31+,48+/m1/s1. The van der Waals surface area contributed by atoms with Crippen LogP contribution in [-0.4, -0.2) is 80.6 Å². The number of nitrogen functional groups attached to an aromatic ring is 1. The lowest BCUT2D eigenvalue weighted by Crippen LogP contribution is -2.47. The Hall–Kier alpha value is -3.16. The molecule has 0 bridgehead atoms. The van der Waals surface area contributed by atoms with Crippen molar-refractivity contribution in [3.63, 3.8) is 0 Å². The lowest BCUT2D eigenvalue weighted by molar-refractivity contribution is -0.157. The number of nitrogens with one attached hydrogen (secondary N) is 1. The third-order valence-electron chi connectivity index (χ3n) is 8.46. The molecule has 0 unspecified atom stereocenters. The first-order chi connectivity index (χ1) is 22.7. The molecule has 1 aliphatic heterocycles. The Morgan fingerprint density at radius 3 is 2.44 bits per heavy atom. The lowest BCUT2D eigenvalue weighted by Gasteiger charge is -2.30. The first-order valence-corrected chi connectivity index (χ1v) is 17.8. The maximum Gasteiger partial charge on any atom is 0.409 e.